The topological polar surface area (TPSA) is 46.6 Å². The average Bonchev–Trinajstić information content (AvgIpc) is 2.55. The van der Waals surface area contributed by atoms with Gasteiger partial charge in [-0.15, -0.1) is 6.58 Å². The predicted molar refractivity (Wildman–Crippen MR) is 94.1 cm³/mol. The number of methoxy groups -OCH3 is 1. The summed E-state index contributed by atoms with van der Waals surface area (Å²) in [5.41, 5.74) is -0.111. The van der Waals surface area contributed by atoms with Crippen LogP contribution in [0.1, 0.15) is 0 Å². The van der Waals surface area contributed by atoms with Crippen molar-refractivity contribution in [1.82, 2.24) is 0 Å². The molecule has 0 unspecified atom stereocenters. The fourth-order valence-electron chi connectivity index (χ4n) is 2.09. The van der Waals surface area contributed by atoms with Gasteiger partial charge in [0.1, 0.15) is 21.5 Å². The Hall–Kier alpha value is -1.76. The van der Waals surface area contributed by atoms with Gasteiger partial charge in [-0.25, -0.2) is 12.8 Å². The number of halogens is 3. The van der Waals surface area contributed by atoms with Crippen molar-refractivity contribution >= 4 is 38.9 Å². The second-order valence-corrected chi connectivity index (χ2v) is 7.26. The summed E-state index contributed by atoms with van der Waals surface area (Å²) in [6.07, 6.45) is 1.35. The van der Waals surface area contributed by atoms with Crippen molar-refractivity contribution in [3.63, 3.8) is 0 Å². The molecule has 0 spiro atoms. The molecule has 0 N–H and O–H groups in total. The number of rotatable bonds is 6. The Morgan fingerprint density at radius 2 is 1.88 bits per heavy atom. The van der Waals surface area contributed by atoms with E-state index < -0.39 is 15.8 Å². The van der Waals surface area contributed by atoms with Crippen LogP contribution in [-0.4, -0.2) is 22.1 Å². The van der Waals surface area contributed by atoms with Crippen molar-refractivity contribution in [3.8, 4) is 5.75 Å². The van der Waals surface area contributed by atoms with E-state index in [0.29, 0.717) is 0 Å². The largest absolute Gasteiger partial charge is 0.495 e. The zero-order chi connectivity index (χ0) is 17.9. The van der Waals surface area contributed by atoms with E-state index in [9.17, 15) is 12.8 Å². The first-order chi connectivity index (χ1) is 11.3. The molecule has 2 aromatic rings. The summed E-state index contributed by atoms with van der Waals surface area (Å²) >= 11 is 12.1. The van der Waals surface area contributed by atoms with Crippen molar-refractivity contribution in [2.45, 2.75) is 4.90 Å². The van der Waals surface area contributed by atoms with E-state index in [-0.39, 0.29) is 32.9 Å². The third-order valence-electron chi connectivity index (χ3n) is 3.22. The molecule has 0 aliphatic carbocycles. The molecule has 8 heteroatoms. The van der Waals surface area contributed by atoms with E-state index in [4.69, 9.17) is 27.9 Å². The van der Waals surface area contributed by atoms with Gasteiger partial charge >= 0.3 is 0 Å². The Labute approximate surface area is 150 Å². The van der Waals surface area contributed by atoms with Gasteiger partial charge in [0.2, 0.25) is 0 Å². The highest BCUT2D eigenvalue weighted by Gasteiger charge is 2.29. The van der Waals surface area contributed by atoms with Crippen LogP contribution in [0.3, 0.4) is 0 Å². The SMILES string of the molecule is C=CCN(c1ccccc1F)S(=O)(=O)c1ccc(OC)c(Cl)c1Cl. The Kier molecular flexibility index (Phi) is 5.74. The lowest BCUT2D eigenvalue weighted by atomic mass is 10.3. The first kappa shape index (κ1) is 18.6. The molecule has 0 saturated carbocycles. The minimum absolute atomic E-state index is 0.0349. The van der Waals surface area contributed by atoms with Gasteiger partial charge < -0.3 is 4.74 Å². The van der Waals surface area contributed by atoms with Crippen LogP contribution in [0.15, 0.2) is 53.9 Å². The summed E-state index contributed by atoms with van der Waals surface area (Å²) in [4.78, 5) is -0.250. The van der Waals surface area contributed by atoms with E-state index in [1.54, 1.807) is 0 Å². The van der Waals surface area contributed by atoms with Crippen LogP contribution in [0.2, 0.25) is 10.0 Å². The van der Waals surface area contributed by atoms with Crippen LogP contribution in [-0.2, 0) is 10.0 Å². The van der Waals surface area contributed by atoms with E-state index in [0.717, 1.165) is 4.31 Å². The lowest BCUT2D eigenvalue weighted by molar-refractivity contribution is 0.414. The van der Waals surface area contributed by atoms with Gasteiger partial charge in [-0.2, -0.15) is 0 Å². The highest BCUT2D eigenvalue weighted by atomic mass is 35.5. The van der Waals surface area contributed by atoms with E-state index in [1.165, 1.54) is 49.6 Å². The maximum Gasteiger partial charge on any atom is 0.266 e. The second-order valence-electron chi connectivity index (χ2n) is 4.67. The van der Waals surface area contributed by atoms with Crippen molar-refractivity contribution in [1.29, 1.82) is 0 Å². The van der Waals surface area contributed by atoms with E-state index in [2.05, 4.69) is 6.58 Å². The Balaban J connectivity index is 2.64. The highest BCUT2D eigenvalue weighted by molar-refractivity contribution is 7.93. The molecule has 0 saturated heterocycles. The van der Waals surface area contributed by atoms with Gasteiger partial charge in [0.25, 0.3) is 10.0 Å². The zero-order valence-corrected chi connectivity index (χ0v) is 15.0. The number of ether oxygens (including phenoxy) is 1. The maximum absolute atomic E-state index is 14.1. The van der Waals surface area contributed by atoms with Crippen molar-refractivity contribution in [2.75, 3.05) is 18.0 Å². The summed E-state index contributed by atoms with van der Waals surface area (Å²) in [6, 6.07) is 8.17. The zero-order valence-electron chi connectivity index (χ0n) is 12.7. The first-order valence-electron chi connectivity index (χ1n) is 6.74. The molecular weight excluding hydrogens is 376 g/mol. The standard InChI is InChI=1S/C16H14Cl2FNO3S/c1-3-10-20(12-7-5-4-6-11(12)19)24(21,22)14-9-8-13(23-2)15(17)16(14)18/h3-9H,1,10H2,2H3. The molecule has 0 aromatic heterocycles. The van der Waals surface area contributed by atoms with E-state index >= 15 is 0 Å². The normalized spacial score (nSPS) is 11.2. The Morgan fingerprint density at radius 3 is 2.46 bits per heavy atom. The summed E-state index contributed by atoms with van der Waals surface area (Å²) in [5.74, 6) is -0.444. The molecular formula is C16H14Cl2FNO3S. The number of benzene rings is 2. The van der Waals surface area contributed by atoms with E-state index in [1.807, 2.05) is 0 Å². The molecule has 0 radical (unpaired) electrons. The third kappa shape index (κ3) is 3.36. The van der Waals surface area contributed by atoms with Crippen LogP contribution >= 0.6 is 23.2 Å². The number of hydrogen-bond donors (Lipinski definition) is 0. The molecule has 0 amide bonds. The Bertz CT molecular complexity index is 872. The van der Waals surface area contributed by atoms with Gasteiger partial charge in [-0.1, -0.05) is 41.4 Å². The summed E-state index contributed by atoms with van der Waals surface area (Å²) in [7, 11) is -2.78. The van der Waals surface area contributed by atoms with Crippen molar-refractivity contribution < 1.29 is 17.5 Å². The molecule has 24 heavy (non-hydrogen) atoms. The lowest BCUT2D eigenvalue weighted by Gasteiger charge is -2.24. The maximum atomic E-state index is 14.1. The molecule has 0 fully saturated rings. The van der Waals surface area contributed by atoms with Gasteiger partial charge in [-0.05, 0) is 24.3 Å². The minimum atomic E-state index is -4.17. The van der Waals surface area contributed by atoms with Crippen LogP contribution in [0, 0.1) is 5.82 Å². The summed E-state index contributed by atoms with van der Waals surface area (Å²) < 4.78 is 45.9. The van der Waals surface area contributed by atoms with Gasteiger partial charge in [-0.3, -0.25) is 4.31 Å². The molecule has 128 valence electrons. The molecule has 4 nitrogen and oxygen atoms in total. The van der Waals surface area contributed by atoms with Gasteiger partial charge in [0.15, 0.2) is 0 Å². The fraction of sp³-hybridized carbons (Fsp3) is 0.125. The minimum Gasteiger partial charge on any atom is -0.495 e. The third-order valence-corrected chi connectivity index (χ3v) is 6.01. The second kappa shape index (κ2) is 7.42. The number of hydrogen-bond acceptors (Lipinski definition) is 3. The number of nitrogens with zero attached hydrogens (tertiary/aromatic N) is 1. The molecule has 0 aliphatic rings. The molecule has 0 aliphatic heterocycles. The molecule has 0 heterocycles. The van der Waals surface area contributed by atoms with Crippen LogP contribution in [0.5, 0.6) is 5.75 Å². The van der Waals surface area contributed by atoms with Crippen LogP contribution < -0.4 is 9.04 Å². The molecule has 2 rings (SSSR count). The van der Waals surface area contributed by atoms with Crippen molar-refractivity contribution in [2.24, 2.45) is 0 Å². The average molecular weight is 390 g/mol. The number of anilines is 1. The monoisotopic (exact) mass is 389 g/mol. The van der Waals surface area contributed by atoms with Crippen molar-refractivity contribution in [3.05, 3.63) is 64.9 Å². The van der Waals surface area contributed by atoms with Crippen LogP contribution in [0.4, 0.5) is 10.1 Å². The Morgan fingerprint density at radius 1 is 1.21 bits per heavy atom. The quantitative estimate of drug-likeness (QED) is 0.682. The first-order valence-corrected chi connectivity index (χ1v) is 8.94. The lowest BCUT2D eigenvalue weighted by Crippen LogP contribution is -2.32. The number of para-hydroxylation sites is 1. The smallest absolute Gasteiger partial charge is 0.266 e. The fourth-order valence-corrected chi connectivity index (χ4v) is 4.35. The van der Waals surface area contributed by atoms with Gasteiger partial charge in [0, 0.05) is 0 Å². The summed E-state index contributed by atoms with van der Waals surface area (Å²) in [5, 5.41) is -0.228. The van der Waals surface area contributed by atoms with Crippen LogP contribution in [0.25, 0.3) is 0 Å². The summed E-state index contributed by atoms with van der Waals surface area (Å²) in [6.45, 7) is 3.39. The molecule has 0 atom stereocenters. The molecule has 2 aromatic carbocycles. The van der Waals surface area contributed by atoms with Gasteiger partial charge in [0.05, 0.1) is 24.4 Å². The highest BCUT2D eigenvalue weighted by Crippen LogP contribution is 2.38. The molecule has 0 bridgehead atoms. The number of sulfonamides is 1. The predicted octanol–water partition coefficient (Wildman–Crippen LogP) is 4.52.